The molecule has 1 aliphatic heterocycles. The number of hydrogen-bond donors (Lipinski definition) is 1. The molecule has 2 aromatic carbocycles. The molecule has 0 atom stereocenters. The fraction of sp³-hybridized carbons (Fsp3) is 0.423. The third-order valence-electron chi connectivity index (χ3n) is 6.32. The van der Waals surface area contributed by atoms with E-state index in [2.05, 4.69) is 73.7 Å². The number of piperidine rings is 1. The molecule has 1 heterocycles. The average molecular weight is 404 g/mol. The number of carbonyl (C=O) groups excluding carboxylic acids is 1. The number of likely N-dealkylation sites (tertiary alicyclic amines) is 1. The van der Waals surface area contributed by atoms with E-state index in [1.165, 1.54) is 27.8 Å². The lowest BCUT2D eigenvalue weighted by Crippen LogP contribution is -2.40. The Bertz CT molecular complexity index is 922. The number of amides is 2. The zero-order valence-corrected chi connectivity index (χ0v) is 18.4. The van der Waals surface area contributed by atoms with E-state index in [9.17, 15) is 4.79 Å². The Morgan fingerprint density at radius 2 is 1.80 bits per heavy atom. The standard InChI is InChI=1S/C26H33N3O/c1-19-4-7-21(8-5-19)22-12-14-29(15-13-22)26(30)27-25-11-10-23-16-20(18-28(2)3)6-9-24(23)17-25/h4-5,7-8,10-11,16-17,22H,6,9,12-15,18H2,1-3H3,(H,27,30). The summed E-state index contributed by atoms with van der Waals surface area (Å²) in [5.74, 6) is 0.557. The minimum atomic E-state index is 0.0250. The van der Waals surface area contributed by atoms with Crippen molar-refractivity contribution in [2.75, 3.05) is 39.0 Å². The molecule has 0 saturated carbocycles. The van der Waals surface area contributed by atoms with Gasteiger partial charge in [-0.1, -0.05) is 47.5 Å². The molecule has 4 heteroatoms. The number of carbonyl (C=O) groups is 1. The molecule has 0 bridgehead atoms. The van der Waals surface area contributed by atoms with Gasteiger partial charge in [0.1, 0.15) is 0 Å². The number of urea groups is 1. The van der Waals surface area contributed by atoms with Crippen molar-refractivity contribution in [1.82, 2.24) is 9.80 Å². The van der Waals surface area contributed by atoms with E-state index >= 15 is 0 Å². The molecule has 1 fully saturated rings. The Morgan fingerprint density at radius 1 is 1.07 bits per heavy atom. The van der Waals surface area contributed by atoms with Gasteiger partial charge in [0.15, 0.2) is 0 Å². The SMILES string of the molecule is Cc1ccc(C2CCN(C(=O)Nc3ccc4c(c3)CCC(CN(C)C)=C4)CC2)cc1. The van der Waals surface area contributed by atoms with Gasteiger partial charge in [-0.05, 0) is 81.4 Å². The molecule has 0 spiro atoms. The van der Waals surface area contributed by atoms with Crippen molar-refractivity contribution < 1.29 is 4.79 Å². The first-order valence-electron chi connectivity index (χ1n) is 11.1. The van der Waals surface area contributed by atoms with Crippen molar-refractivity contribution in [1.29, 1.82) is 0 Å². The Kier molecular flexibility index (Phi) is 6.24. The van der Waals surface area contributed by atoms with Crippen LogP contribution in [0.15, 0.2) is 48.0 Å². The molecule has 0 aromatic heterocycles. The predicted molar refractivity (Wildman–Crippen MR) is 125 cm³/mol. The molecular formula is C26H33N3O. The smallest absolute Gasteiger partial charge is 0.321 e. The van der Waals surface area contributed by atoms with Crippen molar-refractivity contribution in [3.05, 3.63) is 70.3 Å². The van der Waals surface area contributed by atoms with Crippen LogP contribution in [-0.4, -0.2) is 49.6 Å². The monoisotopic (exact) mass is 403 g/mol. The number of rotatable bonds is 4. The second kappa shape index (κ2) is 9.05. The number of benzene rings is 2. The van der Waals surface area contributed by atoms with E-state index in [0.717, 1.165) is 51.0 Å². The number of nitrogens with zero attached hydrogens (tertiary/aromatic N) is 2. The van der Waals surface area contributed by atoms with Crippen LogP contribution in [0.25, 0.3) is 6.08 Å². The van der Waals surface area contributed by atoms with E-state index in [-0.39, 0.29) is 6.03 Å². The summed E-state index contributed by atoms with van der Waals surface area (Å²) in [4.78, 5) is 17.0. The number of likely N-dealkylation sites (N-methyl/N-ethyl adjacent to an activating group) is 1. The third-order valence-corrected chi connectivity index (χ3v) is 6.32. The fourth-order valence-electron chi connectivity index (χ4n) is 4.62. The summed E-state index contributed by atoms with van der Waals surface area (Å²) in [7, 11) is 4.22. The highest BCUT2D eigenvalue weighted by molar-refractivity contribution is 5.89. The Morgan fingerprint density at radius 3 is 2.50 bits per heavy atom. The van der Waals surface area contributed by atoms with Gasteiger partial charge in [0.2, 0.25) is 0 Å². The molecule has 158 valence electrons. The lowest BCUT2D eigenvalue weighted by Gasteiger charge is -2.32. The summed E-state index contributed by atoms with van der Waals surface area (Å²) < 4.78 is 0. The summed E-state index contributed by atoms with van der Waals surface area (Å²) >= 11 is 0. The van der Waals surface area contributed by atoms with Gasteiger partial charge >= 0.3 is 6.03 Å². The van der Waals surface area contributed by atoms with Gasteiger partial charge in [0.25, 0.3) is 0 Å². The van der Waals surface area contributed by atoms with Gasteiger partial charge in [0, 0.05) is 25.3 Å². The van der Waals surface area contributed by atoms with Crippen LogP contribution in [0, 0.1) is 6.92 Å². The van der Waals surface area contributed by atoms with Crippen LogP contribution in [0.2, 0.25) is 0 Å². The van der Waals surface area contributed by atoms with Crippen LogP contribution >= 0.6 is 0 Å². The molecule has 0 radical (unpaired) electrons. The predicted octanol–water partition coefficient (Wildman–Crippen LogP) is 5.30. The van der Waals surface area contributed by atoms with Gasteiger partial charge < -0.3 is 15.1 Å². The van der Waals surface area contributed by atoms with Crippen molar-refractivity contribution in [2.24, 2.45) is 0 Å². The van der Waals surface area contributed by atoms with Gasteiger partial charge in [-0.3, -0.25) is 0 Å². The summed E-state index contributed by atoms with van der Waals surface area (Å²) in [6, 6.07) is 15.2. The van der Waals surface area contributed by atoms with Crippen LogP contribution in [0.3, 0.4) is 0 Å². The normalized spacial score (nSPS) is 16.9. The minimum absolute atomic E-state index is 0.0250. The Balaban J connectivity index is 1.34. The first-order valence-corrected chi connectivity index (χ1v) is 11.1. The highest BCUT2D eigenvalue weighted by Gasteiger charge is 2.24. The van der Waals surface area contributed by atoms with E-state index in [4.69, 9.17) is 0 Å². The zero-order valence-electron chi connectivity index (χ0n) is 18.4. The van der Waals surface area contributed by atoms with Crippen LogP contribution in [0.1, 0.15) is 47.4 Å². The van der Waals surface area contributed by atoms with Gasteiger partial charge in [0.05, 0.1) is 0 Å². The molecule has 2 aromatic rings. The van der Waals surface area contributed by atoms with Crippen molar-refractivity contribution in [3.8, 4) is 0 Å². The summed E-state index contributed by atoms with van der Waals surface area (Å²) in [6.45, 7) is 4.75. The number of hydrogen-bond acceptors (Lipinski definition) is 2. The first kappa shape index (κ1) is 20.7. The molecule has 1 aliphatic carbocycles. The lowest BCUT2D eigenvalue weighted by atomic mass is 9.89. The van der Waals surface area contributed by atoms with Crippen molar-refractivity contribution in [2.45, 2.75) is 38.5 Å². The second-order valence-corrected chi connectivity index (χ2v) is 9.06. The molecule has 2 aliphatic rings. The molecular weight excluding hydrogens is 370 g/mol. The maximum absolute atomic E-state index is 12.8. The van der Waals surface area contributed by atoms with Crippen LogP contribution in [-0.2, 0) is 6.42 Å². The maximum Gasteiger partial charge on any atom is 0.321 e. The highest BCUT2D eigenvalue weighted by Crippen LogP contribution is 2.29. The number of aryl methyl sites for hydroxylation is 2. The molecule has 0 unspecified atom stereocenters. The molecule has 1 N–H and O–H groups in total. The fourth-order valence-corrected chi connectivity index (χ4v) is 4.62. The van der Waals surface area contributed by atoms with E-state index in [1.807, 2.05) is 11.0 Å². The summed E-state index contributed by atoms with van der Waals surface area (Å²) in [6.07, 6.45) is 6.50. The summed E-state index contributed by atoms with van der Waals surface area (Å²) in [5, 5.41) is 3.13. The van der Waals surface area contributed by atoms with E-state index in [1.54, 1.807) is 0 Å². The van der Waals surface area contributed by atoms with E-state index < -0.39 is 0 Å². The molecule has 30 heavy (non-hydrogen) atoms. The zero-order chi connectivity index (χ0) is 21.1. The van der Waals surface area contributed by atoms with Crippen LogP contribution < -0.4 is 5.32 Å². The van der Waals surface area contributed by atoms with Crippen LogP contribution in [0.4, 0.5) is 10.5 Å². The summed E-state index contributed by atoms with van der Waals surface area (Å²) in [5.41, 5.74) is 7.69. The second-order valence-electron chi connectivity index (χ2n) is 9.06. The van der Waals surface area contributed by atoms with Gasteiger partial charge in [-0.2, -0.15) is 0 Å². The Labute approximate surface area is 180 Å². The number of fused-ring (bicyclic) bond motifs is 1. The molecule has 1 saturated heterocycles. The average Bonchev–Trinajstić information content (AvgIpc) is 2.74. The van der Waals surface area contributed by atoms with Gasteiger partial charge in [-0.15, -0.1) is 0 Å². The number of nitrogens with one attached hydrogen (secondary N) is 1. The largest absolute Gasteiger partial charge is 0.324 e. The van der Waals surface area contributed by atoms with Gasteiger partial charge in [-0.25, -0.2) is 4.79 Å². The Hall–Kier alpha value is -2.59. The first-order chi connectivity index (χ1) is 14.5. The van der Waals surface area contributed by atoms with Crippen molar-refractivity contribution >= 4 is 17.8 Å². The molecule has 4 rings (SSSR count). The number of anilines is 1. The van der Waals surface area contributed by atoms with Crippen LogP contribution in [0.5, 0.6) is 0 Å². The minimum Gasteiger partial charge on any atom is -0.324 e. The quantitative estimate of drug-likeness (QED) is 0.752. The highest BCUT2D eigenvalue weighted by atomic mass is 16.2. The molecule has 4 nitrogen and oxygen atoms in total. The lowest BCUT2D eigenvalue weighted by molar-refractivity contribution is 0.194. The van der Waals surface area contributed by atoms with Crippen molar-refractivity contribution in [3.63, 3.8) is 0 Å². The van der Waals surface area contributed by atoms with E-state index in [0.29, 0.717) is 5.92 Å². The third kappa shape index (κ3) is 4.93. The topological polar surface area (TPSA) is 35.6 Å². The maximum atomic E-state index is 12.8. The molecule has 2 amide bonds.